The molecular formula is C12H9ClF2O2. The molecule has 0 unspecified atom stereocenters. The van der Waals surface area contributed by atoms with Gasteiger partial charge < -0.3 is 5.11 Å². The molecule has 1 aliphatic carbocycles. The van der Waals surface area contributed by atoms with Crippen molar-refractivity contribution in [1.29, 1.82) is 0 Å². The SMILES string of the molecule is O=C(O)C(F)(F)C1=CCCc2ccc(Cl)cc21. The van der Waals surface area contributed by atoms with Crippen molar-refractivity contribution >= 4 is 23.1 Å². The van der Waals surface area contributed by atoms with Crippen LogP contribution in [0.25, 0.3) is 5.57 Å². The van der Waals surface area contributed by atoms with Gasteiger partial charge >= 0.3 is 11.9 Å². The van der Waals surface area contributed by atoms with Crippen LogP contribution in [-0.4, -0.2) is 17.0 Å². The Labute approximate surface area is 102 Å². The molecule has 17 heavy (non-hydrogen) atoms. The van der Waals surface area contributed by atoms with Crippen molar-refractivity contribution in [3.8, 4) is 0 Å². The highest BCUT2D eigenvalue weighted by atomic mass is 35.5. The van der Waals surface area contributed by atoms with E-state index in [1.54, 1.807) is 12.1 Å². The molecule has 0 aliphatic heterocycles. The Balaban J connectivity index is 2.55. The molecule has 5 heteroatoms. The number of fused-ring (bicyclic) bond motifs is 1. The number of hydrogen-bond donors (Lipinski definition) is 1. The molecule has 90 valence electrons. The fourth-order valence-electron chi connectivity index (χ4n) is 1.91. The van der Waals surface area contributed by atoms with Gasteiger partial charge in [-0.05, 0) is 36.1 Å². The van der Waals surface area contributed by atoms with Crippen molar-refractivity contribution in [3.05, 3.63) is 40.4 Å². The average molecular weight is 259 g/mol. The number of hydrogen-bond acceptors (Lipinski definition) is 1. The number of carbonyl (C=O) groups is 1. The van der Waals surface area contributed by atoms with Crippen molar-refractivity contribution in [2.45, 2.75) is 18.8 Å². The molecule has 1 aliphatic rings. The van der Waals surface area contributed by atoms with E-state index in [9.17, 15) is 13.6 Å². The standard InChI is InChI=1S/C12H9ClF2O2/c13-8-5-4-7-2-1-3-10(9(7)6-8)12(14,15)11(16)17/h3-6H,1-2H2,(H,16,17). The first-order valence-electron chi connectivity index (χ1n) is 5.03. The molecule has 1 aromatic rings. The summed E-state index contributed by atoms with van der Waals surface area (Å²) in [5.74, 6) is -6.02. The summed E-state index contributed by atoms with van der Waals surface area (Å²) in [6, 6.07) is 4.66. The zero-order valence-corrected chi connectivity index (χ0v) is 9.47. The van der Waals surface area contributed by atoms with E-state index in [1.165, 1.54) is 12.1 Å². The molecule has 0 aromatic heterocycles. The Hall–Kier alpha value is -1.42. The molecule has 0 heterocycles. The van der Waals surface area contributed by atoms with E-state index < -0.39 is 17.5 Å². The van der Waals surface area contributed by atoms with Crippen LogP contribution in [0.1, 0.15) is 17.5 Å². The maximum atomic E-state index is 13.5. The predicted octanol–water partition coefficient (Wildman–Crippen LogP) is 3.39. The fourth-order valence-corrected chi connectivity index (χ4v) is 2.08. The van der Waals surface area contributed by atoms with Crippen molar-refractivity contribution < 1.29 is 18.7 Å². The summed E-state index contributed by atoms with van der Waals surface area (Å²) in [6.07, 6.45) is 2.30. The van der Waals surface area contributed by atoms with Gasteiger partial charge in [-0.3, -0.25) is 0 Å². The first-order chi connectivity index (χ1) is 7.93. The quantitative estimate of drug-likeness (QED) is 0.883. The number of aryl methyl sites for hydroxylation is 1. The summed E-state index contributed by atoms with van der Waals surface area (Å²) >= 11 is 5.75. The first kappa shape index (κ1) is 12.0. The smallest absolute Gasteiger partial charge is 0.379 e. The predicted molar refractivity (Wildman–Crippen MR) is 60.3 cm³/mol. The molecule has 0 radical (unpaired) electrons. The Morgan fingerprint density at radius 1 is 1.41 bits per heavy atom. The minimum atomic E-state index is -3.88. The number of allylic oxidation sites excluding steroid dienone is 1. The van der Waals surface area contributed by atoms with Gasteiger partial charge in [0.1, 0.15) is 0 Å². The molecule has 1 aromatic carbocycles. The minimum Gasteiger partial charge on any atom is -0.477 e. The summed E-state index contributed by atoms with van der Waals surface area (Å²) in [5, 5.41) is 8.88. The highest BCUT2D eigenvalue weighted by Gasteiger charge is 2.44. The lowest BCUT2D eigenvalue weighted by atomic mass is 9.87. The van der Waals surface area contributed by atoms with Crippen LogP contribution < -0.4 is 0 Å². The van der Waals surface area contributed by atoms with Gasteiger partial charge in [0.25, 0.3) is 0 Å². The normalized spacial score (nSPS) is 15.1. The molecule has 0 saturated heterocycles. The molecule has 2 rings (SSSR count). The van der Waals surface area contributed by atoms with E-state index in [0.29, 0.717) is 23.4 Å². The Morgan fingerprint density at radius 3 is 2.76 bits per heavy atom. The van der Waals surface area contributed by atoms with E-state index in [0.717, 1.165) is 0 Å². The van der Waals surface area contributed by atoms with Crippen LogP contribution in [0.3, 0.4) is 0 Å². The molecule has 0 atom stereocenters. The van der Waals surface area contributed by atoms with Gasteiger partial charge in [-0.2, -0.15) is 8.78 Å². The maximum absolute atomic E-state index is 13.5. The van der Waals surface area contributed by atoms with Crippen LogP contribution in [0.2, 0.25) is 5.02 Å². The zero-order valence-electron chi connectivity index (χ0n) is 8.71. The molecule has 1 N–H and O–H groups in total. The van der Waals surface area contributed by atoms with E-state index in [4.69, 9.17) is 16.7 Å². The van der Waals surface area contributed by atoms with Crippen molar-refractivity contribution in [2.75, 3.05) is 0 Å². The third-order valence-corrected chi connectivity index (χ3v) is 2.97. The monoisotopic (exact) mass is 258 g/mol. The molecule has 0 amide bonds. The van der Waals surface area contributed by atoms with E-state index in [2.05, 4.69) is 0 Å². The van der Waals surface area contributed by atoms with Gasteiger partial charge in [-0.15, -0.1) is 0 Å². The average Bonchev–Trinajstić information content (AvgIpc) is 2.27. The molecule has 0 saturated carbocycles. The maximum Gasteiger partial charge on any atom is 0.379 e. The van der Waals surface area contributed by atoms with Gasteiger partial charge in [0.05, 0.1) is 0 Å². The second-order valence-corrected chi connectivity index (χ2v) is 4.27. The lowest BCUT2D eigenvalue weighted by molar-refractivity contribution is -0.156. The van der Waals surface area contributed by atoms with Crippen LogP contribution in [-0.2, 0) is 11.2 Å². The number of halogens is 3. The number of carboxylic acids is 1. The van der Waals surface area contributed by atoms with Crippen molar-refractivity contribution in [1.82, 2.24) is 0 Å². The van der Waals surface area contributed by atoms with Crippen molar-refractivity contribution in [2.24, 2.45) is 0 Å². The highest BCUT2D eigenvalue weighted by molar-refractivity contribution is 6.30. The summed E-state index contributed by atoms with van der Waals surface area (Å²) in [5.41, 5.74) is 0.470. The summed E-state index contributed by atoms with van der Waals surface area (Å²) in [4.78, 5) is 10.6. The van der Waals surface area contributed by atoms with E-state index >= 15 is 0 Å². The molecule has 0 bridgehead atoms. The van der Waals surface area contributed by atoms with Crippen LogP contribution in [0.15, 0.2) is 24.3 Å². The lowest BCUT2D eigenvalue weighted by Gasteiger charge is -2.22. The van der Waals surface area contributed by atoms with Crippen molar-refractivity contribution in [3.63, 3.8) is 0 Å². The van der Waals surface area contributed by atoms with Gasteiger partial charge in [0, 0.05) is 10.6 Å². The Bertz CT molecular complexity index is 509. The fraction of sp³-hybridized carbons (Fsp3) is 0.250. The molecule has 0 spiro atoms. The topological polar surface area (TPSA) is 37.3 Å². The lowest BCUT2D eigenvalue weighted by Crippen LogP contribution is -2.31. The first-order valence-corrected chi connectivity index (χ1v) is 5.41. The largest absolute Gasteiger partial charge is 0.477 e. The summed E-state index contributed by atoms with van der Waals surface area (Å²) in [6.45, 7) is 0. The molecule has 2 nitrogen and oxygen atoms in total. The number of rotatable bonds is 2. The van der Waals surface area contributed by atoms with Gasteiger partial charge in [0.2, 0.25) is 0 Å². The van der Waals surface area contributed by atoms with Crippen LogP contribution in [0.4, 0.5) is 8.78 Å². The third-order valence-electron chi connectivity index (χ3n) is 2.73. The number of benzene rings is 1. The van der Waals surface area contributed by atoms with Gasteiger partial charge in [0.15, 0.2) is 0 Å². The van der Waals surface area contributed by atoms with Crippen LogP contribution in [0.5, 0.6) is 0 Å². The van der Waals surface area contributed by atoms with Gasteiger partial charge in [-0.25, -0.2) is 4.79 Å². The van der Waals surface area contributed by atoms with Crippen LogP contribution >= 0.6 is 11.6 Å². The van der Waals surface area contributed by atoms with Gasteiger partial charge in [-0.1, -0.05) is 23.7 Å². The van der Waals surface area contributed by atoms with Crippen LogP contribution in [0, 0.1) is 0 Å². The van der Waals surface area contributed by atoms with E-state index in [-0.39, 0.29) is 5.56 Å². The second kappa shape index (κ2) is 4.11. The zero-order chi connectivity index (χ0) is 12.6. The third kappa shape index (κ3) is 2.05. The number of aliphatic carboxylic acids is 1. The Morgan fingerprint density at radius 2 is 2.12 bits per heavy atom. The number of carboxylic acid groups (broad SMARTS) is 1. The summed E-state index contributed by atoms with van der Waals surface area (Å²) < 4.78 is 27.1. The minimum absolute atomic E-state index is 0.233. The summed E-state index contributed by atoms with van der Waals surface area (Å²) in [7, 11) is 0. The Kier molecular flexibility index (Phi) is 2.91. The molecular weight excluding hydrogens is 250 g/mol. The second-order valence-electron chi connectivity index (χ2n) is 3.84. The number of alkyl halides is 2. The highest BCUT2D eigenvalue weighted by Crippen LogP contribution is 2.39. The van der Waals surface area contributed by atoms with E-state index in [1.807, 2.05) is 0 Å². The molecule has 0 fully saturated rings.